The van der Waals surface area contributed by atoms with E-state index in [-0.39, 0.29) is 0 Å². The average molecular weight is 356 g/mol. The lowest BCUT2D eigenvalue weighted by Crippen LogP contribution is -2.46. The van der Waals surface area contributed by atoms with Crippen LogP contribution in [0.2, 0.25) is 0 Å². The summed E-state index contributed by atoms with van der Waals surface area (Å²) >= 11 is 0. The third-order valence-corrected chi connectivity index (χ3v) is 6.05. The molecule has 3 rings (SSSR count). The van der Waals surface area contributed by atoms with Gasteiger partial charge in [-0.1, -0.05) is 36.4 Å². The van der Waals surface area contributed by atoms with Gasteiger partial charge in [0.15, 0.2) is 0 Å². The Morgan fingerprint density at radius 2 is 1.80 bits per heavy atom. The van der Waals surface area contributed by atoms with Gasteiger partial charge in [-0.25, -0.2) is 11.6 Å². The molecule has 1 aromatic heterocycles. The Bertz CT molecular complexity index is 883. The molecule has 1 saturated heterocycles. The van der Waals surface area contributed by atoms with Gasteiger partial charge in [-0.3, -0.25) is 4.72 Å². The predicted octanol–water partition coefficient (Wildman–Crippen LogP) is 2.96. The van der Waals surface area contributed by atoms with Crippen LogP contribution < -0.4 is 4.72 Å². The Morgan fingerprint density at radius 3 is 2.40 bits per heavy atom. The van der Waals surface area contributed by atoms with Crippen molar-refractivity contribution in [2.24, 2.45) is 0 Å². The van der Waals surface area contributed by atoms with E-state index in [2.05, 4.69) is 14.6 Å². The number of piperidine rings is 1. The van der Waals surface area contributed by atoms with Crippen LogP contribution in [0.25, 0.3) is 4.85 Å². The number of pyridine rings is 1. The molecule has 0 unspecified atom stereocenters. The molecule has 1 aliphatic heterocycles. The number of hydrogen-bond acceptors (Lipinski definition) is 3. The van der Waals surface area contributed by atoms with Crippen LogP contribution in [-0.4, -0.2) is 30.8 Å². The molecule has 1 aromatic carbocycles. The monoisotopic (exact) mass is 356 g/mol. The molecule has 0 saturated carbocycles. The summed E-state index contributed by atoms with van der Waals surface area (Å²) in [6.45, 7) is 10.1. The first kappa shape index (κ1) is 17.4. The van der Waals surface area contributed by atoms with E-state index in [1.54, 1.807) is 12.1 Å². The number of nitrogens with zero attached hydrogens (tertiary/aromatic N) is 3. The number of anilines is 1. The maximum absolute atomic E-state index is 12.6. The number of aryl methyl sites for hydroxylation is 1. The Balaban J connectivity index is 1.74. The van der Waals surface area contributed by atoms with E-state index < -0.39 is 15.7 Å². The van der Waals surface area contributed by atoms with Gasteiger partial charge in [0, 0.05) is 37.2 Å². The number of rotatable bonds is 4. The summed E-state index contributed by atoms with van der Waals surface area (Å²) in [5.41, 5.74) is 1.06. The molecule has 0 amide bonds. The number of aromatic nitrogens is 1. The van der Waals surface area contributed by atoms with Crippen molar-refractivity contribution in [1.82, 2.24) is 9.29 Å². The smallest absolute Gasteiger partial charge is 0.302 e. The minimum atomic E-state index is -3.68. The van der Waals surface area contributed by atoms with E-state index in [9.17, 15) is 8.42 Å². The lowest BCUT2D eigenvalue weighted by atomic mass is 9.82. The second kappa shape index (κ2) is 6.82. The average Bonchev–Trinajstić information content (AvgIpc) is 2.62. The van der Waals surface area contributed by atoms with Crippen LogP contribution in [0.4, 0.5) is 5.82 Å². The van der Waals surface area contributed by atoms with Crippen LogP contribution in [0.15, 0.2) is 48.5 Å². The normalized spacial score (nSPS) is 17.6. The summed E-state index contributed by atoms with van der Waals surface area (Å²) in [5, 5.41) is 0. The number of nitrogens with one attached hydrogen (secondary N) is 1. The van der Waals surface area contributed by atoms with Crippen molar-refractivity contribution < 1.29 is 8.42 Å². The van der Waals surface area contributed by atoms with Gasteiger partial charge >= 0.3 is 10.2 Å². The van der Waals surface area contributed by atoms with Crippen molar-refractivity contribution in [2.45, 2.75) is 25.3 Å². The Labute approximate surface area is 148 Å². The molecule has 1 N–H and O–H groups in total. The van der Waals surface area contributed by atoms with Crippen molar-refractivity contribution in [3.8, 4) is 0 Å². The molecule has 2 aromatic rings. The zero-order valence-electron chi connectivity index (χ0n) is 14.0. The molecule has 0 radical (unpaired) electrons. The first-order valence-electron chi connectivity index (χ1n) is 8.11. The van der Waals surface area contributed by atoms with Crippen LogP contribution in [-0.2, 0) is 15.7 Å². The predicted molar refractivity (Wildman–Crippen MR) is 97.0 cm³/mol. The highest BCUT2D eigenvalue weighted by Crippen LogP contribution is 2.37. The first-order chi connectivity index (χ1) is 12.0. The maximum atomic E-state index is 12.6. The molecule has 6 nitrogen and oxygen atoms in total. The second-order valence-electron chi connectivity index (χ2n) is 6.18. The number of benzene rings is 1. The molecule has 130 valence electrons. The van der Waals surface area contributed by atoms with Crippen LogP contribution in [0.1, 0.15) is 24.1 Å². The fourth-order valence-corrected chi connectivity index (χ4v) is 4.28. The Hall–Kier alpha value is -2.43. The van der Waals surface area contributed by atoms with Crippen molar-refractivity contribution >= 4 is 16.0 Å². The Kier molecular flexibility index (Phi) is 4.75. The van der Waals surface area contributed by atoms with Gasteiger partial charge in [0.2, 0.25) is 0 Å². The van der Waals surface area contributed by atoms with Crippen LogP contribution in [0.3, 0.4) is 0 Å². The fraction of sp³-hybridized carbons (Fsp3) is 0.333. The molecule has 1 aliphatic rings. The molecule has 7 heteroatoms. The van der Waals surface area contributed by atoms with E-state index >= 15 is 0 Å². The van der Waals surface area contributed by atoms with Crippen LogP contribution >= 0.6 is 0 Å². The summed E-state index contributed by atoms with van der Waals surface area (Å²) < 4.78 is 29.1. The fourth-order valence-electron chi connectivity index (χ4n) is 3.11. The van der Waals surface area contributed by atoms with Gasteiger partial charge in [-0.2, -0.15) is 12.7 Å². The molecule has 0 aliphatic carbocycles. The third kappa shape index (κ3) is 3.65. The highest BCUT2D eigenvalue weighted by Gasteiger charge is 2.44. The maximum Gasteiger partial charge on any atom is 0.302 e. The van der Waals surface area contributed by atoms with Gasteiger partial charge in [-0.05, 0) is 19.1 Å². The van der Waals surface area contributed by atoms with Gasteiger partial charge in [0.05, 0.1) is 0 Å². The van der Waals surface area contributed by atoms with E-state index in [1.807, 2.05) is 43.3 Å². The lowest BCUT2D eigenvalue weighted by Gasteiger charge is -2.33. The zero-order valence-corrected chi connectivity index (χ0v) is 14.8. The summed E-state index contributed by atoms with van der Waals surface area (Å²) in [4.78, 5) is 8.04. The molecule has 2 heterocycles. The van der Waals surface area contributed by atoms with Crippen molar-refractivity contribution in [1.29, 1.82) is 0 Å². The minimum Gasteiger partial charge on any atom is -0.305 e. The summed E-state index contributed by atoms with van der Waals surface area (Å²) in [6.07, 6.45) is 0.950. The number of hydrogen-bond donors (Lipinski definition) is 1. The summed E-state index contributed by atoms with van der Waals surface area (Å²) in [7, 11) is -3.68. The second-order valence-corrected chi connectivity index (χ2v) is 7.85. The van der Waals surface area contributed by atoms with Gasteiger partial charge in [0.1, 0.15) is 5.82 Å². The summed E-state index contributed by atoms with van der Waals surface area (Å²) in [5.74, 6) is 0.310. The lowest BCUT2D eigenvalue weighted by molar-refractivity contribution is 0.271. The SMILES string of the molecule is [C-]#[N+]C1(c2ccccc2)CCN(S(=O)(=O)Nc2cccc(C)n2)CC1. The molecular weight excluding hydrogens is 336 g/mol. The van der Waals surface area contributed by atoms with Gasteiger partial charge in [-0.15, -0.1) is 0 Å². The topological polar surface area (TPSA) is 66.7 Å². The third-order valence-electron chi connectivity index (χ3n) is 4.54. The molecular formula is C18H20N4O2S. The van der Waals surface area contributed by atoms with E-state index in [1.165, 1.54) is 4.31 Å². The van der Waals surface area contributed by atoms with E-state index in [0.717, 1.165) is 11.3 Å². The summed E-state index contributed by atoms with van der Waals surface area (Å²) in [6, 6.07) is 14.8. The molecule has 0 bridgehead atoms. The standard InChI is InChI=1S/C18H20N4O2S/c1-15-7-6-10-17(20-15)21-25(23,24)22-13-11-18(19-2,12-14-22)16-8-4-3-5-9-16/h3-10H,11-14H2,1H3,(H,20,21). The van der Waals surface area contributed by atoms with Crippen molar-refractivity contribution in [3.05, 3.63) is 71.2 Å². The van der Waals surface area contributed by atoms with E-state index in [0.29, 0.717) is 31.7 Å². The largest absolute Gasteiger partial charge is 0.305 e. The van der Waals surface area contributed by atoms with Crippen LogP contribution in [0, 0.1) is 13.5 Å². The Morgan fingerprint density at radius 1 is 1.12 bits per heavy atom. The highest BCUT2D eigenvalue weighted by molar-refractivity contribution is 7.90. The molecule has 1 fully saturated rings. The molecule has 25 heavy (non-hydrogen) atoms. The van der Waals surface area contributed by atoms with E-state index in [4.69, 9.17) is 6.57 Å². The zero-order chi connectivity index (χ0) is 17.9. The molecule has 0 atom stereocenters. The highest BCUT2D eigenvalue weighted by atomic mass is 32.2. The first-order valence-corrected chi connectivity index (χ1v) is 9.55. The minimum absolute atomic E-state index is 0.304. The van der Waals surface area contributed by atoms with Crippen molar-refractivity contribution in [3.63, 3.8) is 0 Å². The molecule has 0 spiro atoms. The quantitative estimate of drug-likeness (QED) is 0.857. The van der Waals surface area contributed by atoms with Crippen molar-refractivity contribution in [2.75, 3.05) is 17.8 Å². The van der Waals surface area contributed by atoms with Gasteiger partial charge in [0.25, 0.3) is 5.54 Å². The van der Waals surface area contributed by atoms with Gasteiger partial charge < -0.3 is 4.85 Å². The van der Waals surface area contributed by atoms with Crippen LogP contribution in [0.5, 0.6) is 0 Å².